The van der Waals surface area contributed by atoms with Crippen molar-refractivity contribution in [2.24, 2.45) is 0 Å². The smallest absolute Gasteiger partial charge is 0.208 e. The Morgan fingerprint density at radius 3 is 2.52 bits per heavy atom. The molecule has 0 aliphatic heterocycles. The third-order valence-electron chi connectivity index (χ3n) is 2.93. The molecule has 0 fully saturated rings. The standard InChI is InChI=1S/C15H10BrF2N2O2.Y/c1-2-20-13(4-3-10(16)15(20)21)14-11(17)7-9(8-12(14)18)22-6-5-19;/h3,7-8H,2,6H2,1H3;/q-1;. The summed E-state index contributed by atoms with van der Waals surface area (Å²) in [5, 5.41) is 8.41. The van der Waals surface area contributed by atoms with E-state index < -0.39 is 17.2 Å². The first-order valence-corrected chi connectivity index (χ1v) is 7.09. The van der Waals surface area contributed by atoms with Gasteiger partial charge in [0.05, 0.1) is 11.6 Å². The molecule has 0 aliphatic carbocycles. The van der Waals surface area contributed by atoms with Crippen LogP contribution in [0.4, 0.5) is 8.78 Å². The normalized spacial score (nSPS) is 9.87. The van der Waals surface area contributed by atoms with Gasteiger partial charge in [-0.15, -0.1) is 15.9 Å². The average Bonchev–Trinajstić information content (AvgIpc) is 2.48. The largest absolute Gasteiger partial charge is 0.479 e. The Morgan fingerprint density at radius 1 is 1.39 bits per heavy atom. The second-order valence-corrected chi connectivity index (χ2v) is 5.10. The number of ether oxygens (including phenoxy) is 1. The Bertz CT molecular complexity index is 795. The van der Waals surface area contributed by atoms with E-state index in [0.717, 1.165) is 12.1 Å². The summed E-state index contributed by atoms with van der Waals surface area (Å²) in [6, 6.07) is 7.67. The fourth-order valence-electron chi connectivity index (χ4n) is 1.99. The summed E-state index contributed by atoms with van der Waals surface area (Å²) in [4.78, 5) is 12.0. The van der Waals surface area contributed by atoms with E-state index in [9.17, 15) is 13.6 Å². The predicted octanol–water partition coefficient (Wildman–Crippen LogP) is 3.28. The minimum Gasteiger partial charge on any atom is -0.479 e. The van der Waals surface area contributed by atoms with E-state index in [1.54, 1.807) is 13.0 Å². The SMILES string of the molecule is CCn1c(-c2c(F)cc(OCC#N)cc2F)[c-]cc(Br)c1=O.[Y]. The topological polar surface area (TPSA) is 55.0 Å². The second kappa shape index (κ2) is 8.67. The minimum atomic E-state index is -0.895. The van der Waals surface area contributed by atoms with Gasteiger partial charge in [-0.1, -0.05) is 5.69 Å². The van der Waals surface area contributed by atoms with E-state index in [1.807, 2.05) is 0 Å². The van der Waals surface area contributed by atoms with Gasteiger partial charge in [0.25, 0.3) is 0 Å². The molecule has 1 heterocycles. The third-order valence-corrected chi connectivity index (χ3v) is 3.50. The van der Waals surface area contributed by atoms with Gasteiger partial charge in [-0.05, 0) is 17.0 Å². The molecule has 0 N–H and O–H groups in total. The fraction of sp³-hybridized carbons (Fsp3) is 0.200. The van der Waals surface area contributed by atoms with Gasteiger partial charge in [-0.3, -0.25) is 4.79 Å². The number of benzene rings is 1. The van der Waals surface area contributed by atoms with E-state index in [2.05, 4.69) is 22.0 Å². The van der Waals surface area contributed by atoms with Gasteiger partial charge in [0.1, 0.15) is 11.8 Å². The fourth-order valence-corrected chi connectivity index (χ4v) is 2.31. The molecule has 0 amide bonds. The van der Waals surface area contributed by atoms with Crippen LogP contribution in [0.5, 0.6) is 5.75 Å². The first-order valence-electron chi connectivity index (χ1n) is 6.29. The van der Waals surface area contributed by atoms with Gasteiger partial charge in [0.2, 0.25) is 5.56 Å². The van der Waals surface area contributed by atoms with E-state index in [4.69, 9.17) is 10.00 Å². The molecule has 0 saturated carbocycles. The first kappa shape index (κ1) is 19.9. The number of pyridine rings is 1. The third kappa shape index (κ3) is 4.25. The van der Waals surface area contributed by atoms with Crippen molar-refractivity contribution < 1.29 is 46.2 Å². The van der Waals surface area contributed by atoms with Crippen molar-refractivity contribution in [3.63, 3.8) is 0 Å². The van der Waals surface area contributed by atoms with Crippen LogP contribution in [0.25, 0.3) is 11.3 Å². The molecule has 1 aromatic heterocycles. The van der Waals surface area contributed by atoms with Crippen LogP contribution >= 0.6 is 15.9 Å². The molecule has 0 atom stereocenters. The molecule has 0 bridgehead atoms. The van der Waals surface area contributed by atoms with Crippen LogP contribution in [0.3, 0.4) is 0 Å². The van der Waals surface area contributed by atoms with Crippen LogP contribution in [0.2, 0.25) is 0 Å². The summed E-state index contributed by atoms with van der Waals surface area (Å²) in [5.74, 6) is -1.89. The Balaban J connectivity index is 0.00000264. The Hall–Kier alpha value is -1.10. The quantitative estimate of drug-likeness (QED) is 0.663. The Morgan fingerprint density at radius 2 is 2.00 bits per heavy atom. The summed E-state index contributed by atoms with van der Waals surface area (Å²) >= 11 is 3.07. The average molecular weight is 457 g/mol. The van der Waals surface area contributed by atoms with Crippen molar-refractivity contribution in [2.45, 2.75) is 13.5 Å². The van der Waals surface area contributed by atoms with Crippen LogP contribution in [0.15, 0.2) is 27.5 Å². The number of nitrogens with zero attached hydrogens (tertiary/aromatic N) is 2. The first-order chi connectivity index (χ1) is 10.5. The molecule has 2 aromatic rings. The maximum absolute atomic E-state index is 14.2. The summed E-state index contributed by atoms with van der Waals surface area (Å²) < 4.78 is 34.8. The van der Waals surface area contributed by atoms with Gasteiger partial charge in [-0.25, -0.2) is 8.78 Å². The van der Waals surface area contributed by atoms with Crippen LogP contribution in [-0.2, 0) is 39.3 Å². The van der Waals surface area contributed by atoms with E-state index in [-0.39, 0.29) is 67.3 Å². The second-order valence-electron chi connectivity index (χ2n) is 4.24. The summed E-state index contributed by atoms with van der Waals surface area (Å²) in [6.07, 6.45) is 0. The summed E-state index contributed by atoms with van der Waals surface area (Å²) in [6.45, 7) is 1.60. The molecule has 8 heteroatoms. The predicted molar refractivity (Wildman–Crippen MR) is 79.4 cm³/mol. The monoisotopic (exact) mass is 456 g/mol. The number of hydrogen-bond donors (Lipinski definition) is 0. The van der Waals surface area contributed by atoms with Gasteiger partial charge in [-0.2, -0.15) is 17.4 Å². The van der Waals surface area contributed by atoms with Crippen molar-refractivity contribution in [2.75, 3.05) is 6.61 Å². The van der Waals surface area contributed by atoms with E-state index in [0.29, 0.717) is 0 Å². The van der Waals surface area contributed by atoms with E-state index in [1.165, 1.54) is 10.6 Å². The van der Waals surface area contributed by atoms with Crippen LogP contribution in [0, 0.1) is 29.0 Å². The van der Waals surface area contributed by atoms with Crippen LogP contribution in [0.1, 0.15) is 6.92 Å². The zero-order chi connectivity index (χ0) is 16.3. The Kier molecular flexibility index (Phi) is 7.52. The zero-order valence-corrected chi connectivity index (χ0v) is 16.5. The van der Waals surface area contributed by atoms with E-state index >= 15 is 0 Å². The number of hydrogen-bond acceptors (Lipinski definition) is 3. The molecule has 23 heavy (non-hydrogen) atoms. The molecular formula is C15H10BrF2N2O2Y-. The molecule has 1 radical (unpaired) electrons. The molecule has 2 rings (SSSR count). The molecule has 0 saturated heterocycles. The number of halogens is 3. The number of nitriles is 1. The summed E-state index contributed by atoms with van der Waals surface area (Å²) in [5.41, 5.74) is -0.756. The van der Waals surface area contributed by atoms with Crippen molar-refractivity contribution in [1.82, 2.24) is 4.57 Å². The number of aromatic nitrogens is 1. The zero-order valence-electron chi connectivity index (χ0n) is 12.1. The number of rotatable bonds is 4. The molecular weight excluding hydrogens is 447 g/mol. The maximum atomic E-state index is 14.2. The van der Waals surface area contributed by atoms with Crippen LogP contribution < -0.4 is 10.3 Å². The van der Waals surface area contributed by atoms with Crippen molar-refractivity contribution in [3.8, 4) is 23.1 Å². The molecule has 0 unspecified atom stereocenters. The summed E-state index contributed by atoms with van der Waals surface area (Å²) in [7, 11) is 0. The van der Waals surface area contributed by atoms with Crippen molar-refractivity contribution >= 4 is 15.9 Å². The van der Waals surface area contributed by atoms with Crippen LogP contribution in [-0.4, -0.2) is 11.2 Å². The molecule has 0 aliphatic rings. The molecule has 117 valence electrons. The van der Waals surface area contributed by atoms with Crippen molar-refractivity contribution in [3.05, 3.63) is 50.7 Å². The Labute approximate surface area is 165 Å². The maximum Gasteiger partial charge on any atom is 0.208 e. The molecule has 4 nitrogen and oxygen atoms in total. The molecule has 0 spiro atoms. The van der Waals surface area contributed by atoms with Gasteiger partial charge >= 0.3 is 0 Å². The molecule has 1 aromatic carbocycles. The van der Waals surface area contributed by atoms with Gasteiger partial charge < -0.3 is 9.30 Å². The van der Waals surface area contributed by atoms with Gasteiger partial charge in [0, 0.05) is 51.4 Å². The van der Waals surface area contributed by atoms with Gasteiger partial charge in [0.15, 0.2) is 6.61 Å². The van der Waals surface area contributed by atoms with Crippen molar-refractivity contribution in [1.29, 1.82) is 5.26 Å². The minimum absolute atomic E-state index is 0.